The molecule has 0 amide bonds. The Morgan fingerprint density at radius 2 is 1.40 bits per heavy atom. The normalized spacial score (nSPS) is 19.9. The zero-order valence-corrected chi connectivity index (χ0v) is 33.6. The molecule has 11 heteroatoms. The zero-order chi connectivity index (χ0) is 38.8. The lowest BCUT2D eigenvalue weighted by Crippen LogP contribution is -2.68. The number of esters is 1. The van der Waals surface area contributed by atoms with Crippen LogP contribution in [-0.2, 0) is 25.2 Å². The minimum absolute atomic E-state index is 0.0774. The second-order valence-corrected chi connectivity index (χ2v) is 19.6. The van der Waals surface area contributed by atoms with Crippen LogP contribution in [0.4, 0.5) is 0 Å². The number of azide groups is 1. The first-order chi connectivity index (χ1) is 26.7. The Morgan fingerprint density at radius 1 is 0.818 bits per heavy atom. The number of nitrogens with zero attached hydrogens (tertiary/aromatic N) is 3. The van der Waals surface area contributed by atoms with Crippen molar-refractivity contribution in [3.63, 3.8) is 0 Å². The molecule has 0 spiro atoms. The standard InChI is InChI=1S/C44H47N3O6SSi/c1-44(2,3)55(34-19-11-7-12-20-34,35-21-13-8-14-22-35)51-30-38-40(53-42(48)37-24-16-15-23-36(37)32-17-9-6-10-18-32)41(39(46-47-45)43(52-38)54-5)50-29-31-25-27-33(49-4)28-26-31/h6-28,38-41,43H,29-30H2,1-5H3/t38-,39-,40-,41-,43+/m1/s1. The first kappa shape index (κ1) is 39.8. The molecule has 1 aliphatic heterocycles. The molecule has 0 N–H and O–H groups in total. The smallest absolute Gasteiger partial charge is 0.339 e. The number of ether oxygens (including phenoxy) is 4. The highest BCUT2D eigenvalue weighted by atomic mass is 32.2. The van der Waals surface area contributed by atoms with Gasteiger partial charge in [0, 0.05) is 4.91 Å². The predicted molar refractivity (Wildman–Crippen MR) is 221 cm³/mol. The summed E-state index contributed by atoms with van der Waals surface area (Å²) in [7, 11) is -1.43. The third-order valence-electron chi connectivity index (χ3n) is 9.99. The van der Waals surface area contributed by atoms with Crippen LogP contribution in [0.15, 0.2) is 145 Å². The van der Waals surface area contributed by atoms with Crippen molar-refractivity contribution in [3.8, 4) is 16.9 Å². The van der Waals surface area contributed by atoms with E-state index in [0.29, 0.717) is 11.3 Å². The number of hydrogen-bond donors (Lipinski definition) is 0. The Kier molecular flexibility index (Phi) is 13.2. The lowest BCUT2D eigenvalue weighted by molar-refractivity contribution is -0.184. The van der Waals surface area contributed by atoms with Gasteiger partial charge in [0.15, 0.2) is 6.10 Å². The second kappa shape index (κ2) is 18.2. The van der Waals surface area contributed by atoms with Crippen LogP contribution in [0.25, 0.3) is 21.6 Å². The predicted octanol–water partition coefficient (Wildman–Crippen LogP) is 8.82. The molecule has 0 unspecified atom stereocenters. The van der Waals surface area contributed by atoms with Crippen molar-refractivity contribution in [3.05, 3.63) is 161 Å². The van der Waals surface area contributed by atoms with Gasteiger partial charge in [0.2, 0.25) is 0 Å². The minimum Gasteiger partial charge on any atom is -0.497 e. The number of hydrogen-bond acceptors (Lipinski definition) is 8. The molecule has 0 saturated carbocycles. The first-order valence-corrected chi connectivity index (χ1v) is 21.5. The van der Waals surface area contributed by atoms with Crippen molar-refractivity contribution >= 4 is 36.4 Å². The van der Waals surface area contributed by atoms with Crippen LogP contribution in [0.3, 0.4) is 0 Å². The molecular formula is C44H47N3O6SSi. The Balaban J connectivity index is 1.43. The molecule has 5 atom stereocenters. The summed E-state index contributed by atoms with van der Waals surface area (Å²) >= 11 is 1.41. The fourth-order valence-electron chi connectivity index (χ4n) is 7.34. The van der Waals surface area contributed by atoms with Crippen LogP contribution in [-0.4, -0.2) is 64.0 Å². The Bertz CT molecular complexity index is 2000. The van der Waals surface area contributed by atoms with E-state index in [4.69, 9.17) is 23.4 Å². The van der Waals surface area contributed by atoms with Gasteiger partial charge in [-0.05, 0) is 62.1 Å². The molecular weight excluding hydrogens is 727 g/mol. The van der Waals surface area contributed by atoms with E-state index < -0.39 is 44.1 Å². The summed E-state index contributed by atoms with van der Waals surface area (Å²) in [6.07, 6.45) is -0.803. The molecule has 5 aromatic rings. The van der Waals surface area contributed by atoms with E-state index in [-0.39, 0.29) is 18.3 Å². The number of benzene rings is 5. The number of carbonyl (C=O) groups excluding carboxylic acids is 1. The number of carbonyl (C=O) groups is 1. The Morgan fingerprint density at radius 3 is 1.96 bits per heavy atom. The molecule has 1 heterocycles. The van der Waals surface area contributed by atoms with E-state index in [9.17, 15) is 10.3 Å². The molecule has 284 valence electrons. The van der Waals surface area contributed by atoms with E-state index in [1.54, 1.807) is 13.2 Å². The molecule has 1 aliphatic rings. The lowest BCUT2D eigenvalue weighted by atomic mass is 9.97. The zero-order valence-electron chi connectivity index (χ0n) is 31.8. The number of thioether (sulfide) groups is 1. The van der Waals surface area contributed by atoms with Gasteiger partial charge in [0.1, 0.15) is 29.4 Å². The molecule has 0 aromatic heterocycles. The van der Waals surface area contributed by atoms with Crippen LogP contribution in [0, 0.1) is 0 Å². The monoisotopic (exact) mass is 773 g/mol. The molecule has 1 saturated heterocycles. The second-order valence-electron chi connectivity index (χ2n) is 14.4. The first-order valence-electron chi connectivity index (χ1n) is 18.3. The van der Waals surface area contributed by atoms with Gasteiger partial charge in [-0.1, -0.05) is 147 Å². The maximum absolute atomic E-state index is 14.5. The summed E-state index contributed by atoms with van der Waals surface area (Å²) in [4.78, 5) is 17.7. The fraction of sp³-hybridized carbons (Fsp3) is 0.295. The largest absolute Gasteiger partial charge is 0.497 e. The SMILES string of the molecule is COc1ccc(CO[C@@H]2[C@@H](N=[N+]=[N-])[C@H](SC)O[C@H](CO[Si](c3ccccc3)(c3ccccc3)C(C)(C)C)[C@H]2OC(=O)c2ccccc2-c2ccccc2)cc1. The molecule has 0 bridgehead atoms. The van der Waals surface area contributed by atoms with Crippen molar-refractivity contribution in [1.82, 2.24) is 0 Å². The van der Waals surface area contributed by atoms with Gasteiger partial charge in [-0.15, -0.1) is 11.8 Å². The highest BCUT2D eigenvalue weighted by molar-refractivity contribution is 7.99. The van der Waals surface area contributed by atoms with E-state index in [1.807, 2.05) is 115 Å². The highest BCUT2D eigenvalue weighted by Crippen LogP contribution is 2.39. The van der Waals surface area contributed by atoms with Crippen LogP contribution >= 0.6 is 11.8 Å². The van der Waals surface area contributed by atoms with E-state index >= 15 is 0 Å². The molecule has 9 nitrogen and oxygen atoms in total. The van der Waals surface area contributed by atoms with Gasteiger partial charge in [-0.25, -0.2) is 4.79 Å². The van der Waals surface area contributed by atoms with Gasteiger partial charge < -0.3 is 23.4 Å². The summed E-state index contributed by atoms with van der Waals surface area (Å²) in [6.45, 7) is 6.87. The van der Waals surface area contributed by atoms with Crippen molar-refractivity contribution in [2.45, 2.75) is 62.2 Å². The van der Waals surface area contributed by atoms with Gasteiger partial charge in [-0.3, -0.25) is 0 Å². The average Bonchev–Trinajstić information content (AvgIpc) is 3.22. The quantitative estimate of drug-likeness (QED) is 0.0365. The topological polar surface area (TPSA) is 112 Å². The van der Waals surface area contributed by atoms with E-state index in [1.165, 1.54) is 11.8 Å². The highest BCUT2D eigenvalue weighted by Gasteiger charge is 2.53. The maximum Gasteiger partial charge on any atom is 0.339 e. The summed E-state index contributed by atoms with van der Waals surface area (Å²) in [5.41, 5.74) is 12.1. The van der Waals surface area contributed by atoms with Crippen LogP contribution in [0.2, 0.25) is 5.04 Å². The molecule has 0 aliphatic carbocycles. The van der Waals surface area contributed by atoms with E-state index in [2.05, 4.69) is 55.1 Å². The third kappa shape index (κ3) is 8.84. The van der Waals surface area contributed by atoms with Crippen molar-refractivity contribution < 1.29 is 28.2 Å². The third-order valence-corrected chi connectivity index (χ3v) is 15.8. The molecule has 0 radical (unpaired) electrons. The maximum atomic E-state index is 14.5. The summed E-state index contributed by atoms with van der Waals surface area (Å²) in [5.74, 6) is 0.164. The van der Waals surface area contributed by atoms with Gasteiger partial charge in [-0.2, -0.15) is 0 Å². The van der Waals surface area contributed by atoms with Crippen molar-refractivity contribution in [2.75, 3.05) is 20.0 Å². The van der Waals surface area contributed by atoms with Gasteiger partial charge in [0.05, 0.1) is 25.9 Å². The Labute approximate surface area is 328 Å². The lowest BCUT2D eigenvalue weighted by Gasteiger charge is -2.47. The van der Waals surface area contributed by atoms with Crippen molar-refractivity contribution in [1.29, 1.82) is 0 Å². The number of rotatable bonds is 14. The van der Waals surface area contributed by atoms with Crippen LogP contribution in [0.5, 0.6) is 5.75 Å². The van der Waals surface area contributed by atoms with E-state index in [0.717, 1.165) is 27.1 Å². The van der Waals surface area contributed by atoms with Crippen LogP contribution < -0.4 is 15.1 Å². The molecule has 5 aromatic carbocycles. The molecule has 1 fully saturated rings. The minimum atomic E-state index is -3.05. The van der Waals surface area contributed by atoms with Gasteiger partial charge >= 0.3 is 5.97 Å². The number of methoxy groups -OCH3 is 1. The van der Waals surface area contributed by atoms with Gasteiger partial charge in [0.25, 0.3) is 8.32 Å². The summed E-state index contributed by atoms with van der Waals surface area (Å²) < 4.78 is 32.8. The molecule has 6 rings (SSSR count). The Hall–Kier alpha value is -4.87. The fourth-order valence-corrected chi connectivity index (χ4v) is 12.6. The van der Waals surface area contributed by atoms with Crippen molar-refractivity contribution in [2.24, 2.45) is 5.11 Å². The average molecular weight is 774 g/mol. The summed E-state index contributed by atoms with van der Waals surface area (Å²) in [6, 6.07) is 44.5. The summed E-state index contributed by atoms with van der Waals surface area (Å²) in [5, 5.41) is 6.09. The van der Waals surface area contributed by atoms with Crippen LogP contribution in [0.1, 0.15) is 36.7 Å². The molecule has 55 heavy (non-hydrogen) atoms.